The van der Waals surface area contributed by atoms with Gasteiger partial charge in [-0.2, -0.15) is 0 Å². The largest absolute Gasteiger partial charge is 0.497 e. The van der Waals surface area contributed by atoms with Crippen molar-refractivity contribution in [3.63, 3.8) is 0 Å². The van der Waals surface area contributed by atoms with Crippen LogP contribution < -0.4 is 9.64 Å². The number of carbonyl (C=O) groups is 1. The summed E-state index contributed by atoms with van der Waals surface area (Å²) in [5.41, 5.74) is 3.83. The van der Waals surface area contributed by atoms with Gasteiger partial charge in [0, 0.05) is 36.7 Å². The highest BCUT2D eigenvalue weighted by atomic mass is 35.5. The van der Waals surface area contributed by atoms with Gasteiger partial charge in [-0.25, -0.2) is 0 Å². The zero-order valence-corrected chi connectivity index (χ0v) is 25.2. The lowest BCUT2D eigenvalue weighted by Crippen LogP contribution is -2.47. The molecule has 0 aromatic heterocycles. The third-order valence-electron chi connectivity index (χ3n) is 9.22. The number of fused-ring (bicyclic) bond motifs is 2. The minimum Gasteiger partial charge on any atom is -0.497 e. The third kappa shape index (κ3) is 5.62. The summed E-state index contributed by atoms with van der Waals surface area (Å²) in [6.45, 7) is 2.94. The summed E-state index contributed by atoms with van der Waals surface area (Å²) in [7, 11) is 1.66. The molecule has 2 saturated heterocycles. The van der Waals surface area contributed by atoms with Crippen molar-refractivity contribution in [3.05, 3.63) is 107 Å². The van der Waals surface area contributed by atoms with Gasteiger partial charge in [0.15, 0.2) is 0 Å². The number of benzene rings is 4. The van der Waals surface area contributed by atoms with Crippen LogP contribution in [0.3, 0.4) is 0 Å². The van der Waals surface area contributed by atoms with Gasteiger partial charge in [0.1, 0.15) is 17.6 Å². The molecule has 2 fully saturated rings. The van der Waals surface area contributed by atoms with Crippen LogP contribution in [0.25, 0.3) is 10.8 Å². The van der Waals surface area contributed by atoms with E-state index >= 15 is 0 Å². The molecular formula is C36H36ClN3O3. The van der Waals surface area contributed by atoms with Gasteiger partial charge in [-0.1, -0.05) is 66.2 Å². The molecule has 1 spiro atoms. The number of ether oxygens (including phenoxy) is 2. The van der Waals surface area contributed by atoms with E-state index in [2.05, 4.69) is 35.2 Å². The topological polar surface area (TPSA) is 54.4 Å². The Labute approximate surface area is 257 Å². The lowest BCUT2D eigenvalue weighted by molar-refractivity contribution is -0.119. The highest BCUT2D eigenvalue weighted by Gasteiger charge is 2.41. The maximum Gasteiger partial charge on any atom is 0.252 e. The van der Waals surface area contributed by atoms with E-state index in [1.807, 2.05) is 59.5 Å². The number of anilines is 1. The number of piperidine rings is 1. The van der Waals surface area contributed by atoms with E-state index in [0.29, 0.717) is 18.0 Å². The zero-order valence-electron chi connectivity index (χ0n) is 24.5. The van der Waals surface area contributed by atoms with Crippen LogP contribution in [0.1, 0.15) is 42.4 Å². The van der Waals surface area contributed by atoms with E-state index in [-0.39, 0.29) is 11.5 Å². The molecule has 3 aliphatic heterocycles. The van der Waals surface area contributed by atoms with Crippen molar-refractivity contribution in [2.24, 2.45) is 4.99 Å². The fourth-order valence-corrected chi connectivity index (χ4v) is 6.99. The van der Waals surface area contributed by atoms with Crippen molar-refractivity contribution in [1.29, 1.82) is 0 Å². The molecule has 1 unspecified atom stereocenters. The molecule has 3 aliphatic rings. The second-order valence-corrected chi connectivity index (χ2v) is 12.3. The number of amidine groups is 1. The molecule has 0 bridgehead atoms. The molecule has 4 aromatic rings. The Balaban J connectivity index is 1.29. The first-order valence-corrected chi connectivity index (χ1v) is 15.6. The van der Waals surface area contributed by atoms with Gasteiger partial charge in [0.2, 0.25) is 0 Å². The van der Waals surface area contributed by atoms with Crippen molar-refractivity contribution < 1.29 is 14.3 Å². The second-order valence-electron chi connectivity index (χ2n) is 11.9. The van der Waals surface area contributed by atoms with Gasteiger partial charge >= 0.3 is 0 Å². The third-order valence-corrected chi connectivity index (χ3v) is 9.46. The first kappa shape index (κ1) is 27.9. The smallest absolute Gasteiger partial charge is 0.252 e. The Bertz CT molecular complexity index is 1670. The van der Waals surface area contributed by atoms with Gasteiger partial charge in [-0.3, -0.25) is 9.79 Å². The van der Waals surface area contributed by atoms with Crippen LogP contribution in [0, 0.1) is 0 Å². The number of halogens is 1. The van der Waals surface area contributed by atoms with E-state index in [1.54, 1.807) is 7.11 Å². The van der Waals surface area contributed by atoms with Crippen molar-refractivity contribution in [2.75, 3.05) is 31.7 Å². The number of carbonyl (C=O) groups excluding carboxylic acids is 1. The predicted octanol–water partition coefficient (Wildman–Crippen LogP) is 7.05. The van der Waals surface area contributed by atoms with E-state index in [4.69, 9.17) is 26.1 Å². The number of methoxy groups -OCH3 is 1. The standard InChI is InChI=1S/C36H36ClN3O3/c1-42-30-12-8-25(9-13-30)24-40-33-14-11-29(37)23-31(33)34(39-18-16-36(17-19-39)15-4-20-43-36)38-32(35(40)41)22-26-7-10-27-5-2-3-6-28(27)21-26/h2-3,5-14,21,23,32H,4,15-20,22,24H2,1H3. The molecule has 43 heavy (non-hydrogen) atoms. The summed E-state index contributed by atoms with van der Waals surface area (Å²) in [4.78, 5) is 24.1. The maximum absolute atomic E-state index is 14.5. The monoisotopic (exact) mass is 593 g/mol. The molecule has 1 atom stereocenters. The summed E-state index contributed by atoms with van der Waals surface area (Å²) in [6, 6.07) is 27.9. The maximum atomic E-state index is 14.5. The van der Waals surface area contributed by atoms with Crippen molar-refractivity contribution >= 4 is 39.8 Å². The van der Waals surface area contributed by atoms with E-state index in [9.17, 15) is 4.79 Å². The molecule has 0 radical (unpaired) electrons. The van der Waals surface area contributed by atoms with Crippen LogP contribution in [0.15, 0.2) is 89.9 Å². The quantitative estimate of drug-likeness (QED) is 0.249. The molecule has 0 saturated carbocycles. The van der Waals surface area contributed by atoms with Gasteiger partial charge in [0.05, 0.1) is 24.9 Å². The van der Waals surface area contributed by atoms with Crippen molar-refractivity contribution in [2.45, 2.75) is 50.3 Å². The van der Waals surface area contributed by atoms with Gasteiger partial charge < -0.3 is 19.3 Å². The number of rotatable bonds is 5. The summed E-state index contributed by atoms with van der Waals surface area (Å²) < 4.78 is 11.6. The van der Waals surface area contributed by atoms with Gasteiger partial charge in [-0.15, -0.1) is 0 Å². The van der Waals surface area contributed by atoms with E-state index in [0.717, 1.165) is 84.7 Å². The molecule has 220 valence electrons. The van der Waals surface area contributed by atoms with Crippen LogP contribution in [0.2, 0.25) is 5.02 Å². The molecule has 7 heteroatoms. The number of hydrogen-bond donors (Lipinski definition) is 0. The van der Waals surface area contributed by atoms with E-state index in [1.165, 1.54) is 5.39 Å². The minimum absolute atomic E-state index is 0.0142. The first-order chi connectivity index (χ1) is 21.0. The predicted molar refractivity (Wildman–Crippen MR) is 172 cm³/mol. The highest BCUT2D eigenvalue weighted by Crippen LogP contribution is 2.38. The van der Waals surface area contributed by atoms with Crippen LogP contribution in [-0.4, -0.2) is 55.1 Å². The summed E-state index contributed by atoms with van der Waals surface area (Å²) in [6.07, 6.45) is 4.67. The summed E-state index contributed by atoms with van der Waals surface area (Å²) in [5, 5.41) is 2.97. The van der Waals surface area contributed by atoms with Crippen molar-refractivity contribution in [3.8, 4) is 5.75 Å². The van der Waals surface area contributed by atoms with Crippen LogP contribution in [-0.2, 0) is 22.5 Å². The van der Waals surface area contributed by atoms with Crippen LogP contribution >= 0.6 is 11.6 Å². The van der Waals surface area contributed by atoms with Gasteiger partial charge in [0.25, 0.3) is 5.91 Å². The zero-order chi connectivity index (χ0) is 29.4. The first-order valence-electron chi connectivity index (χ1n) is 15.2. The number of likely N-dealkylation sites (tertiary alicyclic amines) is 1. The molecule has 0 N–H and O–H groups in total. The lowest BCUT2D eigenvalue weighted by Gasteiger charge is -2.40. The molecule has 1 amide bonds. The Morgan fingerprint density at radius 3 is 2.44 bits per heavy atom. The average molecular weight is 594 g/mol. The lowest BCUT2D eigenvalue weighted by atomic mass is 9.88. The number of aliphatic imine (C=N–C) groups is 1. The molecule has 4 aromatic carbocycles. The Morgan fingerprint density at radius 1 is 0.930 bits per heavy atom. The van der Waals surface area contributed by atoms with Crippen LogP contribution in [0.4, 0.5) is 5.69 Å². The Kier molecular flexibility index (Phi) is 7.58. The number of nitrogens with zero attached hydrogens (tertiary/aromatic N) is 3. The van der Waals surface area contributed by atoms with Gasteiger partial charge in [-0.05, 0) is 77.9 Å². The number of benzodiazepines with no additional fused rings is 1. The fraction of sp³-hybridized carbons (Fsp3) is 0.333. The molecule has 7 rings (SSSR count). The number of amides is 1. The molecule has 0 aliphatic carbocycles. The van der Waals surface area contributed by atoms with Crippen LogP contribution in [0.5, 0.6) is 5.75 Å². The highest BCUT2D eigenvalue weighted by molar-refractivity contribution is 6.31. The van der Waals surface area contributed by atoms with E-state index < -0.39 is 6.04 Å². The summed E-state index contributed by atoms with van der Waals surface area (Å²) in [5.74, 6) is 1.61. The average Bonchev–Trinajstić information content (AvgIpc) is 3.46. The SMILES string of the molecule is COc1ccc(CN2C(=O)C(Cc3ccc4ccccc4c3)N=C(N3CCC4(CCCO4)CC3)c3cc(Cl)ccc32)cc1. The minimum atomic E-state index is -0.584. The Hall–Kier alpha value is -3.87. The van der Waals surface area contributed by atoms with Crippen molar-refractivity contribution in [1.82, 2.24) is 4.90 Å². The Morgan fingerprint density at radius 2 is 1.70 bits per heavy atom. The molecule has 3 heterocycles. The molecular weight excluding hydrogens is 558 g/mol. The molecule has 6 nitrogen and oxygen atoms in total. The fourth-order valence-electron chi connectivity index (χ4n) is 6.82. The normalized spacial score (nSPS) is 19.8. The second kappa shape index (κ2) is 11.7. The number of hydrogen-bond acceptors (Lipinski definition) is 5. The summed E-state index contributed by atoms with van der Waals surface area (Å²) >= 11 is 6.62.